The number of benzene rings is 1. The second-order valence-electron chi connectivity index (χ2n) is 4.11. The molecule has 0 saturated carbocycles. The van der Waals surface area contributed by atoms with E-state index in [2.05, 4.69) is 0 Å². The number of likely N-dealkylation sites (N-methyl/N-ethyl adjacent to an activating group) is 1. The van der Waals surface area contributed by atoms with Gasteiger partial charge in [0.1, 0.15) is 5.75 Å². The maximum Gasteiger partial charge on any atom is 0.119 e. The van der Waals surface area contributed by atoms with Gasteiger partial charge in [0.05, 0.1) is 7.11 Å². The van der Waals surface area contributed by atoms with Gasteiger partial charge < -0.3 is 14.2 Å². The molecule has 3 nitrogen and oxygen atoms in total. The van der Waals surface area contributed by atoms with Crippen LogP contribution in [0.25, 0.3) is 10.9 Å². The molecule has 17 heavy (non-hydrogen) atoms. The summed E-state index contributed by atoms with van der Waals surface area (Å²) in [6, 6.07) is 6.76. The van der Waals surface area contributed by atoms with E-state index in [1.807, 2.05) is 35.0 Å². The average Bonchev–Trinajstić information content (AvgIpc) is 2.77. The van der Waals surface area contributed by atoms with Crippen LogP contribution in [0.1, 0.15) is 15.1 Å². The highest BCUT2D eigenvalue weighted by atomic mass is 16.5. The van der Waals surface area contributed by atoms with E-state index in [1.54, 1.807) is 14.0 Å². The van der Waals surface area contributed by atoms with Gasteiger partial charge in [-0.05, 0) is 45.1 Å². The molecule has 0 radical (unpaired) electrons. The van der Waals surface area contributed by atoms with Crippen molar-refractivity contribution in [3.05, 3.63) is 30.5 Å². The fraction of sp³-hybridized carbons (Fsp3) is 0.429. The lowest BCUT2D eigenvalue weighted by Gasteiger charge is -2.20. The van der Waals surface area contributed by atoms with Gasteiger partial charge in [-0.2, -0.15) is 0 Å². The summed E-state index contributed by atoms with van der Waals surface area (Å²) in [5.74, 6) is 0.731. The van der Waals surface area contributed by atoms with Crippen molar-refractivity contribution in [2.75, 3.05) is 21.1 Å². The van der Waals surface area contributed by atoms with Gasteiger partial charge in [0.2, 0.25) is 0 Å². The monoisotopic (exact) mass is 238 g/mol. The number of rotatable bonds is 4. The molecule has 2 rings (SSSR count). The highest BCUT2D eigenvalue weighted by Crippen LogP contribution is 2.22. The van der Waals surface area contributed by atoms with Crippen LogP contribution in [0, 0.1) is 0 Å². The molecular formula is C14H20N2O. The number of aromatic nitrogens is 1. The SMILES string of the molecule is [2H]C([2H])([2H])N([C@@H](C)Cn1ccc2cc(OC)ccc21)C([2H])([2H])[2H]. The average molecular weight is 238 g/mol. The minimum absolute atomic E-state index is 0.257. The maximum atomic E-state index is 7.49. The molecule has 0 unspecified atom stereocenters. The second kappa shape index (κ2) is 4.80. The van der Waals surface area contributed by atoms with Crippen LogP contribution in [0.3, 0.4) is 0 Å². The molecule has 1 heterocycles. The van der Waals surface area contributed by atoms with Gasteiger partial charge in [-0.3, -0.25) is 0 Å². The lowest BCUT2D eigenvalue weighted by Crippen LogP contribution is -2.28. The summed E-state index contributed by atoms with van der Waals surface area (Å²) in [6.45, 7) is -3.51. The number of hydrogen-bond acceptors (Lipinski definition) is 2. The third kappa shape index (κ3) is 2.44. The molecule has 1 aromatic carbocycles. The van der Waals surface area contributed by atoms with E-state index in [-0.39, 0.29) is 6.54 Å². The maximum absolute atomic E-state index is 7.49. The first-order valence-electron chi connectivity index (χ1n) is 8.46. The van der Waals surface area contributed by atoms with Crippen molar-refractivity contribution in [1.82, 2.24) is 9.47 Å². The van der Waals surface area contributed by atoms with Crippen molar-refractivity contribution < 1.29 is 13.0 Å². The van der Waals surface area contributed by atoms with E-state index in [0.717, 1.165) is 16.7 Å². The summed E-state index contributed by atoms with van der Waals surface area (Å²) in [5.41, 5.74) is 0.897. The smallest absolute Gasteiger partial charge is 0.119 e. The highest BCUT2D eigenvalue weighted by Gasteiger charge is 2.08. The topological polar surface area (TPSA) is 17.4 Å². The molecule has 0 saturated heterocycles. The standard InChI is InChI=1S/C14H20N2O/c1-11(15(2)3)10-16-8-7-12-9-13(17-4)5-6-14(12)16/h5-9,11H,10H2,1-4H3/t11-/m0/s1/i2D3,3D3. The van der Waals surface area contributed by atoms with E-state index in [4.69, 9.17) is 13.0 Å². The van der Waals surface area contributed by atoms with Crippen LogP contribution in [0.4, 0.5) is 0 Å². The van der Waals surface area contributed by atoms with E-state index in [1.165, 1.54) is 0 Å². The Morgan fingerprint density at radius 1 is 1.41 bits per heavy atom. The molecule has 0 fully saturated rings. The van der Waals surface area contributed by atoms with Crippen LogP contribution in [0.5, 0.6) is 5.75 Å². The summed E-state index contributed by atoms with van der Waals surface area (Å²) in [5, 5.41) is 0.950. The van der Waals surface area contributed by atoms with Crippen LogP contribution in [-0.4, -0.2) is 36.6 Å². The molecular weight excluding hydrogens is 212 g/mol. The molecule has 1 atom stereocenters. The van der Waals surface area contributed by atoms with E-state index in [0.29, 0.717) is 4.90 Å². The van der Waals surface area contributed by atoms with Crippen LogP contribution >= 0.6 is 0 Å². The van der Waals surface area contributed by atoms with Crippen LogP contribution in [0.15, 0.2) is 30.5 Å². The minimum Gasteiger partial charge on any atom is -0.497 e. The number of fused-ring (bicyclic) bond motifs is 1. The van der Waals surface area contributed by atoms with Crippen molar-refractivity contribution in [2.45, 2.75) is 19.5 Å². The zero-order valence-corrected chi connectivity index (χ0v) is 9.97. The molecule has 0 bridgehead atoms. The molecule has 0 N–H and O–H groups in total. The number of methoxy groups -OCH3 is 1. The van der Waals surface area contributed by atoms with Gasteiger partial charge in [0.15, 0.2) is 0 Å². The summed E-state index contributed by atoms with van der Waals surface area (Å²) in [6.07, 6.45) is 1.82. The summed E-state index contributed by atoms with van der Waals surface area (Å²) < 4.78 is 52.0. The fourth-order valence-corrected chi connectivity index (χ4v) is 1.83. The molecule has 0 spiro atoms. The minimum atomic E-state index is -2.68. The zero-order valence-electron chi connectivity index (χ0n) is 16.0. The lowest BCUT2D eigenvalue weighted by molar-refractivity contribution is 0.286. The van der Waals surface area contributed by atoms with Gasteiger partial charge in [-0.25, -0.2) is 0 Å². The Morgan fingerprint density at radius 2 is 2.24 bits per heavy atom. The van der Waals surface area contributed by atoms with Crippen molar-refractivity contribution in [3.8, 4) is 5.75 Å². The van der Waals surface area contributed by atoms with Crippen LogP contribution in [-0.2, 0) is 6.54 Å². The number of ether oxygens (including phenoxy) is 1. The fourth-order valence-electron chi connectivity index (χ4n) is 1.83. The Labute approximate surface area is 111 Å². The Balaban J connectivity index is 2.30. The van der Waals surface area contributed by atoms with Gasteiger partial charge in [0, 0.05) is 37.9 Å². The predicted molar refractivity (Wildman–Crippen MR) is 71.6 cm³/mol. The Morgan fingerprint density at radius 3 is 2.94 bits per heavy atom. The Bertz CT molecular complexity index is 662. The number of hydrogen-bond donors (Lipinski definition) is 0. The third-order valence-electron chi connectivity index (χ3n) is 2.88. The lowest BCUT2D eigenvalue weighted by atomic mass is 10.2. The number of nitrogens with zero attached hydrogens (tertiary/aromatic N) is 2. The van der Waals surface area contributed by atoms with Crippen LogP contribution in [0.2, 0.25) is 0 Å². The predicted octanol–water partition coefficient (Wildman–Crippen LogP) is 2.60. The van der Waals surface area contributed by atoms with E-state index < -0.39 is 20.0 Å². The summed E-state index contributed by atoms with van der Waals surface area (Å²) in [7, 11) is 1.59. The van der Waals surface area contributed by atoms with Gasteiger partial charge in [-0.1, -0.05) is 0 Å². The zero-order chi connectivity index (χ0) is 17.4. The second-order valence-corrected chi connectivity index (χ2v) is 4.11. The van der Waals surface area contributed by atoms with Crippen molar-refractivity contribution in [3.63, 3.8) is 0 Å². The molecule has 0 aliphatic heterocycles. The van der Waals surface area contributed by atoms with Crippen molar-refractivity contribution in [2.24, 2.45) is 0 Å². The van der Waals surface area contributed by atoms with E-state index in [9.17, 15) is 0 Å². The molecule has 2 aromatic rings. The summed E-state index contributed by atoms with van der Waals surface area (Å²) >= 11 is 0. The Hall–Kier alpha value is -1.48. The molecule has 92 valence electrons. The molecule has 0 amide bonds. The molecule has 0 aliphatic carbocycles. The first-order valence-corrected chi connectivity index (χ1v) is 5.46. The molecule has 1 aromatic heterocycles. The quantitative estimate of drug-likeness (QED) is 0.814. The third-order valence-corrected chi connectivity index (χ3v) is 2.88. The normalized spacial score (nSPS) is 19.9. The molecule has 3 heteroatoms. The first-order chi connectivity index (χ1) is 10.5. The molecule has 0 aliphatic rings. The summed E-state index contributed by atoms with van der Waals surface area (Å²) in [4.78, 5) is 0.607. The van der Waals surface area contributed by atoms with Crippen molar-refractivity contribution in [1.29, 1.82) is 0 Å². The first kappa shape index (κ1) is 6.45. The van der Waals surface area contributed by atoms with Gasteiger partial charge in [0.25, 0.3) is 0 Å². The highest BCUT2D eigenvalue weighted by molar-refractivity contribution is 5.81. The van der Waals surface area contributed by atoms with Crippen LogP contribution < -0.4 is 4.74 Å². The van der Waals surface area contributed by atoms with Crippen molar-refractivity contribution >= 4 is 10.9 Å². The van der Waals surface area contributed by atoms with Gasteiger partial charge >= 0.3 is 0 Å². The largest absolute Gasteiger partial charge is 0.497 e. The van der Waals surface area contributed by atoms with Gasteiger partial charge in [-0.15, -0.1) is 0 Å². The Kier molecular flexibility index (Phi) is 1.82. The van der Waals surface area contributed by atoms with E-state index >= 15 is 0 Å².